The van der Waals surface area contributed by atoms with Crippen LogP contribution in [0.4, 0.5) is 5.69 Å². The molecule has 2 aromatic carbocycles. The van der Waals surface area contributed by atoms with Crippen LogP contribution in [-0.4, -0.2) is 22.7 Å². The van der Waals surface area contributed by atoms with Crippen molar-refractivity contribution < 1.29 is 4.79 Å². The SMILES string of the molecule is Cc1nn(-c2ccccc2)c(C)c1/C=C\C(=O)N(C)c1ccccc1. The summed E-state index contributed by atoms with van der Waals surface area (Å²) >= 11 is 0. The van der Waals surface area contributed by atoms with Gasteiger partial charge in [0.15, 0.2) is 0 Å². The Morgan fingerprint density at radius 2 is 1.60 bits per heavy atom. The third kappa shape index (κ3) is 3.53. The zero-order valence-electron chi connectivity index (χ0n) is 14.7. The first-order valence-electron chi connectivity index (χ1n) is 8.20. The van der Waals surface area contributed by atoms with Crippen molar-refractivity contribution in [3.05, 3.63) is 83.7 Å². The molecule has 0 aliphatic heterocycles. The topological polar surface area (TPSA) is 38.1 Å². The van der Waals surface area contributed by atoms with Crippen molar-refractivity contribution in [2.24, 2.45) is 0 Å². The summed E-state index contributed by atoms with van der Waals surface area (Å²) in [6, 6.07) is 19.6. The number of carbonyl (C=O) groups is 1. The van der Waals surface area contributed by atoms with E-state index in [1.807, 2.05) is 85.3 Å². The van der Waals surface area contributed by atoms with E-state index in [1.165, 1.54) is 0 Å². The van der Waals surface area contributed by atoms with Crippen molar-refractivity contribution in [1.82, 2.24) is 9.78 Å². The number of aromatic nitrogens is 2. The van der Waals surface area contributed by atoms with E-state index in [9.17, 15) is 4.79 Å². The minimum Gasteiger partial charge on any atom is -0.312 e. The first kappa shape index (κ1) is 16.7. The highest BCUT2D eigenvalue weighted by Gasteiger charge is 2.12. The van der Waals surface area contributed by atoms with Gasteiger partial charge in [-0.2, -0.15) is 5.10 Å². The predicted molar refractivity (Wildman–Crippen MR) is 102 cm³/mol. The number of hydrogen-bond donors (Lipinski definition) is 0. The quantitative estimate of drug-likeness (QED) is 0.673. The number of hydrogen-bond acceptors (Lipinski definition) is 2. The average Bonchev–Trinajstić information content (AvgIpc) is 2.94. The number of nitrogens with zero attached hydrogens (tertiary/aromatic N) is 3. The number of para-hydroxylation sites is 2. The standard InChI is InChI=1S/C21H21N3O/c1-16-20(17(2)24(22-16)19-12-8-5-9-13-19)14-15-21(25)23(3)18-10-6-4-7-11-18/h4-15H,1-3H3/b15-14-. The second kappa shape index (κ2) is 7.18. The lowest BCUT2D eigenvalue weighted by molar-refractivity contribution is -0.113. The molecule has 0 radical (unpaired) electrons. The van der Waals surface area contributed by atoms with Crippen molar-refractivity contribution in [2.75, 3.05) is 11.9 Å². The number of likely N-dealkylation sites (N-methyl/N-ethyl adjacent to an activating group) is 1. The van der Waals surface area contributed by atoms with E-state index >= 15 is 0 Å². The predicted octanol–water partition coefficient (Wildman–Crippen LogP) is 4.17. The van der Waals surface area contributed by atoms with Gasteiger partial charge in [-0.3, -0.25) is 4.79 Å². The van der Waals surface area contributed by atoms with Crippen LogP contribution < -0.4 is 4.90 Å². The molecule has 0 fully saturated rings. The van der Waals surface area contributed by atoms with Crippen molar-refractivity contribution in [1.29, 1.82) is 0 Å². The summed E-state index contributed by atoms with van der Waals surface area (Å²) in [5.41, 5.74) is 4.75. The van der Waals surface area contributed by atoms with E-state index in [0.29, 0.717) is 0 Å². The van der Waals surface area contributed by atoms with Crippen LogP contribution in [0.15, 0.2) is 66.7 Å². The van der Waals surface area contributed by atoms with E-state index < -0.39 is 0 Å². The molecule has 25 heavy (non-hydrogen) atoms. The van der Waals surface area contributed by atoms with Crippen LogP contribution in [0.5, 0.6) is 0 Å². The first-order chi connectivity index (χ1) is 12.1. The summed E-state index contributed by atoms with van der Waals surface area (Å²) in [7, 11) is 1.77. The summed E-state index contributed by atoms with van der Waals surface area (Å²) in [4.78, 5) is 14.1. The maximum Gasteiger partial charge on any atom is 0.250 e. The van der Waals surface area contributed by atoms with Crippen molar-refractivity contribution >= 4 is 17.7 Å². The van der Waals surface area contributed by atoms with Gasteiger partial charge in [-0.25, -0.2) is 4.68 Å². The minimum atomic E-state index is -0.0718. The Bertz CT molecular complexity index is 896. The van der Waals surface area contributed by atoms with Crippen LogP contribution in [0.25, 0.3) is 11.8 Å². The Balaban J connectivity index is 1.85. The minimum absolute atomic E-state index is 0.0718. The Labute approximate surface area is 148 Å². The number of carbonyl (C=O) groups excluding carboxylic acids is 1. The second-order valence-electron chi connectivity index (χ2n) is 5.90. The molecule has 4 nitrogen and oxygen atoms in total. The van der Waals surface area contributed by atoms with E-state index in [1.54, 1.807) is 18.0 Å². The van der Waals surface area contributed by atoms with Crippen LogP contribution in [0.2, 0.25) is 0 Å². The Morgan fingerprint density at radius 1 is 1.00 bits per heavy atom. The largest absolute Gasteiger partial charge is 0.312 e. The molecule has 0 N–H and O–H groups in total. The van der Waals surface area contributed by atoms with Gasteiger partial charge in [0.25, 0.3) is 5.91 Å². The van der Waals surface area contributed by atoms with Gasteiger partial charge in [-0.15, -0.1) is 0 Å². The summed E-state index contributed by atoms with van der Waals surface area (Å²) in [6.07, 6.45) is 3.44. The number of rotatable bonds is 4. The first-order valence-corrected chi connectivity index (χ1v) is 8.20. The van der Waals surface area contributed by atoms with Gasteiger partial charge in [0, 0.05) is 30.1 Å². The Kier molecular flexibility index (Phi) is 4.80. The molecule has 0 aliphatic rings. The van der Waals surface area contributed by atoms with E-state index in [0.717, 1.165) is 28.3 Å². The zero-order chi connectivity index (χ0) is 17.8. The number of benzene rings is 2. The van der Waals surface area contributed by atoms with Crippen LogP contribution in [-0.2, 0) is 4.79 Å². The van der Waals surface area contributed by atoms with Gasteiger partial charge >= 0.3 is 0 Å². The van der Waals surface area contributed by atoms with Crippen LogP contribution in [0, 0.1) is 13.8 Å². The second-order valence-corrected chi connectivity index (χ2v) is 5.90. The number of aryl methyl sites for hydroxylation is 1. The third-order valence-electron chi connectivity index (χ3n) is 4.21. The molecular formula is C21H21N3O. The van der Waals surface area contributed by atoms with Crippen molar-refractivity contribution in [2.45, 2.75) is 13.8 Å². The maximum atomic E-state index is 12.4. The van der Waals surface area contributed by atoms with Gasteiger partial charge in [-0.05, 0) is 44.2 Å². The van der Waals surface area contributed by atoms with Crippen LogP contribution in [0.3, 0.4) is 0 Å². The van der Waals surface area contributed by atoms with Gasteiger partial charge in [0.05, 0.1) is 11.4 Å². The highest BCUT2D eigenvalue weighted by atomic mass is 16.2. The molecule has 3 aromatic rings. The lowest BCUT2D eigenvalue weighted by Gasteiger charge is -2.14. The van der Waals surface area contributed by atoms with Crippen molar-refractivity contribution in [3.63, 3.8) is 0 Å². The fourth-order valence-electron chi connectivity index (χ4n) is 2.76. The summed E-state index contributed by atoms with van der Waals surface area (Å²) in [6.45, 7) is 3.97. The number of anilines is 1. The smallest absolute Gasteiger partial charge is 0.250 e. The summed E-state index contributed by atoms with van der Waals surface area (Å²) in [5.74, 6) is -0.0718. The van der Waals surface area contributed by atoms with Crippen molar-refractivity contribution in [3.8, 4) is 5.69 Å². The molecule has 0 aliphatic carbocycles. The normalized spacial score (nSPS) is 11.0. The molecule has 0 bridgehead atoms. The molecule has 1 heterocycles. The van der Waals surface area contributed by atoms with Crippen LogP contribution in [0.1, 0.15) is 17.0 Å². The molecule has 4 heteroatoms. The average molecular weight is 331 g/mol. The Hall–Kier alpha value is -3.14. The monoisotopic (exact) mass is 331 g/mol. The highest BCUT2D eigenvalue weighted by Crippen LogP contribution is 2.19. The summed E-state index contributed by atoms with van der Waals surface area (Å²) < 4.78 is 1.90. The Morgan fingerprint density at radius 3 is 2.24 bits per heavy atom. The molecule has 1 aromatic heterocycles. The van der Waals surface area contributed by atoms with Gasteiger partial charge < -0.3 is 4.90 Å². The highest BCUT2D eigenvalue weighted by molar-refractivity contribution is 6.03. The zero-order valence-corrected chi connectivity index (χ0v) is 14.7. The molecule has 0 unspecified atom stereocenters. The molecule has 0 saturated carbocycles. The molecule has 126 valence electrons. The van der Waals surface area contributed by atoms with Gasteiger partial charge in [0.2, 0.25) is 0 Å². The molecule has 1 amide bonds. The van der Waals surface area contributed by atoms with Crippen LogP contribution >= 0.6 is 0 Å². The molecular weight excluding hydrogens is 310 g/mol. The lowest BCUT2D eigenvalue weighted by atomic mass is 10.1. The van der Waals surface area contributed by atoms with Gasteiger partial charge in [-0.1, -0.05) is 36.4 Å². The van der Waals surface area contributed by atoms with E-state index in [-0.39, 0.29) is 5.91 Å². The van der Waals surface area contributed by atoms with E-state index in [2.05, 4.69) is 5.10 Å². The molecule has 0 saturated heterocycles. The third-order valence-corrected chi connectivity index (χ3v) is 4.21. The maximum absolute atomic E-state index is 12.4. The molecule has 0 atom stereocenters. The fourth-order valence-corrected chi connectivity index (χ4v) is 2.76. The fraction of sp³-hybridized carbons (Fsp3) is 0.143. The number of amides is 1. The molecule has 0 spiro atoms. The molecule has 3 rings (SSSR count). The summed E-state index contributed by atoms with van der Waals surface area (Å²) in [5, 5.41) is 4.60. The lowest BCUT2D eigenvalue weighted by Crippen LogP contribution is -2.23. The van der Waals surface area contributed by atoms with Gasteiger partial charge in [0.1, 0.15) is 0 Å². The van der Waals surface area contributed by atoms with E-state index in [4.69, 9.17) is 0 Å².